The molecule has 0 amide bonds. The summed E-state index contributed by atoms with van der Waals surface area (Å²) >= 11 is 3.49. The summed E-state index contributed by atoms with van der Waals surface area (Å²) in [6.07, 6.45) is 7.87. The molecule has 2 N–H and O–H groups in total. The number of hydrogen-bond donors (Lipinski definition) is 1. The van der Waals surface area contributed by atoms with Crippen LogP contribution in [0.4, 0.5) is 5.69 Å². The van der Waals surface area contributed by atoms with Crippen molar-refractivity contribution in [2.45, 2.75) is 44.6 Å². The molecule has 0 atom stereocenters. The van der Waals surface area contributed by atoms with Crippen molar-refractivity contribution in [2.75, 3.05) is 5.73 Å². The first kappa shape index (κ1) is 11.8. The fraction of sp³-hybridized carbons (Fsp3) is 0.538. The van der Waals surface area contributed by atoms with Crippen LogP contribution in [0.5, 0.6) is 5.75 Å². The maximum atomic E-state index is 6.02. The van der Waals surface area contributed by atoms with Crippen molar-refractivity contribution in [3.05, 3.63) is 22.7 Å². The molecule has 1 fully saturated rings. The lowest BCUT2D eigenvalue weighted by Gasteiger charge is -2.19. The second-order valence-electron chi connectivity index (χ2n) is 4.39. The summed E-state index contributed by atoms with van der Waals surface area (Å²) in [5.74, 6) is 0.814. The van der Waals surface area contributed by atoms with Crippen LogP contribution in [0.25, 0.3) is 0 Å². The van der Waals surface area contributed by atoms with E-state index in [9.17, 15) is 0 Å². The third-order valence-electron chi connectivity index (χ3n) is 3.08. The van der Waals surface area contributed by atoms with E-state index in [4.69, 9.17) is 10.5 Å². The fourth-order valence-corrected chi connectivity index (χ4v) is 2.65. The number of nitrogen functional groups attached to an aromatic ring is 1. The standard InChI is InChI=1S/C13H18BrNO/c14-11-8-5-9-12(15)13(11)16-10-6-3-1-2-4-7-10/h5,8-10H,1-4,6-7,15H2. The molecule has 2 rings (SSSR count). The van der Waals surface area contributed by atoms with Crippen LogP contribution in [0, 0.1) is 0 Å². The van der Waals surface area contributed by atoms with E-state index in [1.807, 2.05) is 18.2 Å². The topological polar surface area (TPSA) is 35.2 Å². The van der Waals surface area contributed by atoms with Crippen molar-refractivity contribution in [3.63, 3.8) is 0 Å². The minimum Gasteiger partial charge on any atom is -0.487 e. The van der Waals surface area contributed by atoms with Crippen molar-refractivity contribution in [1.82, 2.24) is 0 Å². The lowest BCUT2D eigenvalue weighted by Crippen LogP contribution is -2.16. The Balaban J connectivity index is 2.07. The SMILES string of the molecule is Nc1cccc(Br)c1OC1CCCCCC1. The molecule has 3 heteroatoms. The Morgan fingerprint density at radius 1 is 1.12 bits per heavy atom. The molecule has 1 aromatic rings. The first-order valence-electron chi connectivity index (χ1n) is 5.98. The van der Waals surface area contributed by atoms with Crippen LogP contribution < -0.4 is 10.5 Å². The normalized spacial score (nSPS) is 18.1. The molecule has 0 aliphatic heterocycles. The molecule has 88 valence electrons. The second-order valence-corrected chi connectivity index (χ2v) is 5.24. The molecule has 1 saturated carbocycles. The van der Waals surface area contributed by atoms with Gasteiger partial charge < -0.3 is 10.5 Å². The number of para-hydroxylation sites is 1. The first-order chi connectivity index (χ1) is 7.77. The van der Waals surface area contributed by atoms with Gasteiger partial charge in [-0.2, -0.15) is 0 Å². The summed E-state index contributed by atoms with van der Waals surface area (Å²) < 4.78 is 6.98. The van der Waals surface area contributed by atoms with Gasteiger partial charge in [-0.1, -0.05) is 18.9 Å². The van der Waals surface area contributed by atoms with E-state index in [1.165, 1.54) is 25.7 Å². The highest BCUT2D eigenvalue weighted by atomic mass is 79.9. The molecule has 1 aliphatic rings. The average Bonchev–Trinajstić information content (AvgIpc) is 2.52. The summed E-state index contributed by atoms with van der Waals surface area (Å²) in [5, 5.41) is 0. The zero-order valence-corrected chi connectivity index (χ0v) is 11.0. The van der Waals surface area contributed by atoms with E-state index in [0.29, 0.717) is 6.10 Å². The molecule has 16 heavy (non-hydrogen) atoms. The highest BCUT2D eigenvalue weighted by Gasteiger charge is 2.16. The van der Waals surface area contributed by atoms with Crippen molar-refractivity contribution < 1.29 is 4.74 Å². The highest BCUT2D eigenvalue weighted by molar-refractivity contribution is 9.10. The van der Waals surface area contributed by atoms with E-state index in [-0.39, 0.29) is 0 Å². The summed E-state index contributed by atoms with van der Waals surface area (Å²) in [5.41, 5.74) is 6.64. The lowest BCUT2D eigenvalue weighted by molar-refractivity contribution is 0.183. The fourth-order valence-electron chi connectivity index (χ4n) is 2.18. The van der Waals surface area contributed by atoms with Gasteiger partial charge in [0.05, 0.1) is 16.3 Å². The summed E-state index contributed by atoms with van der Waals surface area (Å²) in [6, 6.07) is 5.79. The molecule has 0 bridgehead atoms. The molecule has 0 heterocycles. The van der Waals surface area contributed by atoms with E-state index >= 15 is 0 Å². The summed E-state index contributed by atoms with van der Waals surface area (Å²) in [6.45, 7) is 0. The van der Waals surface area contributed by atoms with E-state index < -0.39 is 0 Å². The number of ether oxygens (including phenoxy) is 1. The van der Waals surface area contributed by atoms with Crippen LogP contribution in [0.15, 0.2) is 22.7 Å². The molecular weight excluding hydrogens is 266 g/mol. The van der Waals surface area contributed by atoms with Crippen LogP contribution >= 0.6 is 15.9 Å². The van der Waals surface area contributed by atoms with Crippen LogP contribution in [0.2, 0.25) is 0 Å². The van der Waals surface area contributed by atoms with Crippen molar-refractivity contribution in [2.24, 2.45) is 0 Å². The largest absolute Gasteiger partial charge is 0.487 e. The van der Waals surface area contributed by atoms with Crippen molar-refractivity contribution in [3.8, 4) is 5.75 Å². The summed E-state index contributed by atoms with van der Waals surface area (Å²) in [7, 11) is 0. The highest BCUT2D eigenvalue weighted by Crippen LogP contribution is 2.33. The number of halogens is 1. The lowest BCUT2D eigenvalue weighted by atomic mass is 10.1. The van der Waals surface area contributed by atoms with Gasteiger partial charge in [0.1, 0.15) is 0 Å². The third-order valence-corrected chi connectivity index (χ3v) is 3.71. The minimum atomic E-state index is 0.337. The molecule has 0 saturated heterocycles. The Hall–Kier alpha value is -0.700. The Kier molecular flexibility index (Phi) is 4.10. The average molecular weight is 284 g/mol. The van der Waals surface area contributed by atoms with Crippen LogP contribution in [0.1, 0.15) is 38.5 Å². The van der Waals surface area contributed by atoms with Gasteiger partial charge in [-0.25, -0.2) is 0 Å². The van der Waals surface area contributed by atoms with Gasteiger partial charge in [0.25, 0.3) is 0 Å². The quantitative estimate of drug-likeness (QED) is 0.654. The van der Waals surface area contributed by atoms with Gasteiger partial charge in [0.2, 0.25) is 0 Å². The molecule has 0 spiro atoms. The number of rotatable bonds is 2. The predicted molar refractivity (Wildman–Crippen MR) is 70.7 cm³/mol. The Bertz CT molecular complexity index is 326. The second kappa shape index (κ2) is 5.58. The van der Waals surface area contributed by atoms with Crippen LogP contribution in [-0.4, -0.2) is 6.10 Å². The molecule has 1 aromatic carbocycles. The van der Waals surface area contributed by atoms with Gasteiger partial charge in [-0.05, 0) is 53.7 Å². The zero-order valence-electron chi connectivity index (χ0n) is 9.42. The van der Waals surface area contributed by atoms with Gasteiger partial charge in [-0.3, -0.25) is 0 Å². The number of hydrogen-bond acceptors (Lipinski definition) is 2. The first-order valence-corrected chi connectivity index (χ1v) is 6.77. The van der Waals surface area contributed by atoms with Crippen LogP contribution in [-0.2, 0) is 0 Å². The number of anilines is 1. The molecule has 0 radical (unpaired) electrons. The van der Waals surface area contributed by atoms with E-state index in [2.05, 4.69) is 15.9 Å². The summed E-state index contributed by atoms with van der Waals surface area (Å²) in [4.78, 5) is 0. The predicted octanol–water partition coefficient (Wildman–Crippen LogP) is 4.13. The maximum absolute atomic E-state index is 6.02. The monoisotopic (exact) mass is 283 g/mol. The molecule has 2 nitrogen and oxygen atoms in total. The Morgan fingerprint density at radius 2 is 1.81 bits per heavy atom. The molecule has 0 aromatic heterocycles. The minimum absolute atomic E-state index is 0.337. The maximum Gasteiger partial charge on any atom is 0.156 e. The zero-order chi connectivity index (χ0) is 11.4. The number of benzene rings is 1. The van der Waals surface area contributed by atoms with Gasteiger partial charge >= 0.3 is 0 Å². The smallest absolute Gasteiger partial charge is 0.156 e. The van der Waals surface area contributed by atoms with E-state index in [1.54, 1.807) is 0 Å². The van der Waals surface area contributed by atoms with Gasteiger partial charge in [0, 0.05) is 0 Å². The Morgan fingerprint density at radius 3 is 2.44 bits per heavy atom. The number of nitrogens with two attached hydrogens (primary N) is 1. The molecular formula is C13H18BrNO. The Labute approximate surface area is 105 Å². The van der Waals surface area contributed by atoms with E-state index in [0.717, 1.165) is 28.8 Å². The molecule has 1 aliphatic carbocycles. The van der Waals surface area contributed by atoms with Gasteiger partial charge in [0.15, 0.2) is 5.75 Å². The van der Waals surface area contributed by atoms with Crippen molar-refractivity contribution >= 4 is 21.6 Å². The van der Waals surface area contributed by atoms with Gasteiger partial charge in [-0.15, -0.1) is 0 Å². The molecule has 0 unspecified atom stereocenters. The third kappa shape index (κ3) is 2.91. The van der Waals surface area contributed by atoms with Crippen LogP contribution in [0.3, 0.4) is 0 Å². The van der Waals surface area contributed by atoms with Crippen molar-refractivity contribution in [1.29, 1.82) is 0 Å².